The minimum absolute atomic E-state index is 0.0316. The molecule has 90 valence electrons. The van der Waals surface area contributed by atoms with Crippen molar-refractivity contribution in [2.45, 2.75) is 26.4 Å². The summed E-state index contributed by atoms with van der Waals surface area (Å²) < 4.78 is 9.77. The van der Waals surface area contributed by atoms with Crippen molar-refractivity contribution >= 4 is 6.16 Å². The summed E-state index contributed by atoms with van der Waals surface area (Å²) in [6, 6.07) is 9.50. The summed E-state index contributed by atoms with van der Waals surface area (Å²) in [6.45, 7) is 5.38. The van der Waals surface area contributed by atoms with Gasteiger partial charge in [0.2, 0.25) is 0 Å². The summed E-state index contributed by atoms with van der Waals surface area (Å²) in [4.78, 5) is 11.2. The van der Waals surface area contributed by atoms with Crippen LogP contribution in [0, 0.1) is 11.8 Å². The van der Waals surface area contributed by atoms with E-state index in [-0.39, 0.29) is 6.61 Å². The molecule has 0 amide bonds. The van der Waals surface area contributed by atoms with Crippen molar-refractivity contribution in [1.29, 1.82) is 0 Å². The second-order valence-electron chi connectivity index (χ2n) is 4.42. The standard InChI is InChI=1S/C14H16O3/c1-14(2,3)17-13(15)16-11-7-10-12-8-5-4-6-9-12/h4-6,8-9H,11H2,1-3H3. The van der Waals surface area contributed by atoms with Gasteiger partial charge in [-0.1, -0.05) is 30.0 Å². The molecule has 0 aliphatic carbocycles. The molecule has 0 bridgehead atoms. The van der Waals surface area contributed by atoms with Crippen LogP contribution < -0.4 is 0 Å². The molecule has 0 N–H and O–H groups in total. The third-order valence-electron chi connectivity index (χ3n) is 1.66. The first-order valence-electron chi connectivity index (χ1n) is 5.37. The predicted molar refractivity (Wildman–Crippen MR) is 65.5 cm³/mol. The Morgan fingerprint density at radius 2 is 1.88 bits per heavy atom. The van der Waals surface area contributed by atoms with Crippen molar-refractivity contribution in [1.82, 2.24) is 0 Å². The monoisotopic (exact) mass is 232 g/mol. The third kappa shape index (κ3) is 6.26. The maximum atomic E-state index is 11.2. The van der Waals surface area contributed by atoms with Gasteiger partial charge in [0.05, 0.1) is 0 Å². The molecule has 3 nitrogen and oxygen atoms in total. The van der Waals surface area contributed by atoms with Crippen LogP contribution in [0.2, 0.25) is 0 Å². The highest BCUT2D eigenvalue weighted by atomic mass is 16.7. The second-order valence-corrected chi connectivity index (χ2v) is 4.42. The Bertz CT molecular complexity index is 418. The lowest BCUT2D eigenvalue weighted by Crippen LogP contribution is -2.24. The number of hydrogen-bond acceptors (Lipinski definition) is 3. The first kappa shape index (κ1) is 13.1. The fraction of sp³-hybridized carbons (Fsp3) is 0.357. The average molecular weight is 232 g/mol. The highest BCUT2D eigenvalue weighted by Crippen LogP contribution is 2.07. The highest BCUT2D eigenvalue weighted by molar-refractivity contribution is 5.60. The Hall–Kier alpha value is -1.95. The number of rotatable bonds is 1. The van der Waals surface area contributed by atoms with Crippen LogP contribution in [-0.4, -0.2) is 18.4 Å². The molecule has 0 unspecified atom stereocenters. The highest BCUT2D eigenvalue weighted by Gasteiger charge is 2.16. The quantitative estimate of drug-likeness (QED) is 0.551. The van der Waals surface area contributed by atoms with Crippen LogP contribution >= 0.6 is 0 Å². The molecule has 0 aliphatic rings. The molecule has 0 radical (unpaired) electrons. The molecule has 0 saturated carbocycles. The summed E-state index contributed by atoms with van der Waals surface area (Å²) in [6.07, 6.45) is -0.695. The first-order valence-corrected chi connectivity index (χ1v) is 5.37. The van der Waals surface area contributed by atoms with Gasteiger partial charge in [0.1, 0.15) is 5.60 Å². The van der Waals surface area contributed by atoms with E-state index in [1.165, 1.54) is 0 Å². The Labute approximate surface area is 102 Å². The molecule has 1 rings (SSSR count). The van der Waals surface area contributed by atoms with E-state index in [0.29, 0.717) is 0 Å². The molecule has 1 aromatic carbocycles. The maximum Gasteiger partial charge on any atom is 0.509 e. The molecule has 17 heavy (non-hydrogen) atoms. The van der Waals surface area contributed by atoms with Gasteiger partial charge < -0.3 is 9.47 Å². The van der Waals surface area contributed by atoms with E-state index in [2.05, 4.69) is 11.8 Å². The lowest BCUT2D eigenvalue weighted by atomic mass is 10.2. The van der Waals surface area contributed by atoms with Crippen molar-refractivity contribution in [3.05, 3.63) is 35.9 Å². The zero-order valence-electron chi connectivity index (χ0n) is 10.3. The minimum atomic E-state index is -0.695. The third-order valence-corrected chi connectivity index (χ3v) is 1.66. The number of carbonyl (C=O) groups excluding carboxylic acids is 1. The van der Waals surface area contributed by atoms with Gasteiger partial charge in [0, 0.05) is 5.56 Å². The normalized spacial score (nSPS) is 10.1. The van der Waals surface area contributed by atoms with Crippen LogP contribution in [0.1, 0.15) is 26.3 Å². The molecule has 0 atom stereocenters. The van der Waals surface area contributed by atoms with E-state index in [9.17, 15) is 4.79 Å². The minimum Gasteiger partial charge on any atom is -0.429 e. The Balaban J connectivity index is 2.34. The van der Waals surface area contributed by atoms with Crippen LogP contribution in [0.5, 0.6) is 0 Å². The SMILES string of the molecule is CC(C)(C)OC(=O)OCC#Cc1ccccc1. The van der Waals surface area contributed by atoms with Gasteiger partial charge in [-0.2, -0.15) is 0 Å². The first-order chi connectivity index (χ1) is 7.97. The Kier molecular flexibility index (Phi) is 4.59. The van der Waals surface area contributed by atoms with E-state index in [0.717, 1.165) is 5.56 Å². The molecule has 0 fully saturated rings. The van der Waals surface area contributed by atoms with Crippen molar-refractivity contribution < 1.29 is 14.3 Å². The summed E-state index contributed by atoms with van der Waals surface area (Å²) in [5.74, 6) is 5.63. The fourth-order valence-corrected chi connectivity index (χ4v) is 1.03. The van der Waals surface area contributed by atoms with E-state index >= 15 is 0 Å². The molecule has 0 saturated heterocycles. The lowest BCUT2D eigenvalue weighted by Gasteiger charge is -2.18. The largest absolute Gasteiger partial charge is 0.509 e. The van der Waals surface area contributed by atoms with Crippen molar-refractivity contribution in [3.63, 3.8) is 0 Å². The van der Waals surface area contributed by atoms with Gasteiger partial charge >= 0.3 is 6.16 Å². The van der Waals surface area contributed by atoms with E-state index < -0.39 is 11.8 Å². The van der Waals surface area contributed by atoms with Crippen molar-refractivity contribution in [2.75, 3.05) is 6.61 Å². The van der Waals surface area contributed by atoms with Gasteiger partial charge in [-0.05, 0) is 32.9 Å². The molecule has 0 spiro atoms. The summed E-state index contributed by atoms with van der Waals surface area (Å²) in [5, 5.41) is 0. The zero-order chi connectivity index (χ0) is 12.7. The van der Waals surface area contributed by atoms with Crippen molar-refractivity contribution in [3.8, 4) is 11.8 Å². The molecule has 1 aromatic rings. The van der Waals surface area contributed by atoms with Crippen LogP contribution in [0.4, 0.5) is 4.79 Å². The molecule has 0 aliphatic heterocycles. The molecular formula is C14H16O3. The topological polar surface area (TPSA) is 35.5 Å². The van der Waals surface area contributed by atoms with Crippen molar-refractivity contribution in [2.24, 2.45) is 0 Å². The van der Waals surface area contributed by atoms with Gasteiger partial charge in [-0.15, -0.1) is 0 Å². The Morgan fingerprint density at radius 1 is 1.24 bits per heavy atom. The maximum absolute atomic E-state index is 11.2. The lowest BCUT2D eigenvalue weighted by molar-refractivity contribution is -0.00163. The van der Waals surface area contributed by atoms with Gasteiger partial charge in [-0.3, -0.25) is 0 Å². The van der Waals surface area contributed by atoms with Gasteiger partial charge in [-0.25, -0.2) is 4.79 Å². The fourth-order valence-electron chi connectivity index (χ4n) is 1.03. The number of ether oxygens (including phenoxy) is 2. The predicted octanol–water partition coefficient (Wildman–Crippen LogP) is 2.99. The van der Waals surface area contributed by atoms with E-state index in [4.69, 9.17) is 9.47 Å². The molecular weight excluding hydrogens is 216 g/mol. The number of benzene rings is 1. The van der Waals surface area contributed by atoms with Gasteiger partial charge in [0.15, 0.2) is 6.61 Å². The molecule has 0 heterocycles. The van der Waals surface area contributed by atoms with Crippen LogP contribution in [0.15, 0.2) is 30.3 Å². The summed E-state index contributed by atoms with van der Waals surface area (Å²) >= 11 is 0. The zero-order valence-corrected chi connectivity index (χ0v) is 10.3. The van der Waals surface area contributed by atoms with E-state index in [1.54, 1.807) is 20.8 Å². The summed E-state index contributed by atoms with van der Waals surface area (Å²) in [5.41, 5.74) is 0.351. The van der Waals surface area contributed by atoms with Gasteiger partial charge in [0.25, 0.3) is 0 Å². The van der Waals surface area contributed by atoms with E-state index in [1.807, 2.05) is 30.3 Å². The second kappa shape index (κ2) is 5.95. The van der Waals surface area contributed by atoms with Crippen LogP contribution in [0.3, 0.4) is 0 Å². The van der Waals surface area contributed by atoms with Crippen LogP contribution in [0.25, 0.3) is 0 Å². The van der Waals surface area contributed by atoms with Crippen LogP contribution in [-0.2, 0) is 9.47 Å². The average Bonchev–Trinajstić information content (AvgIpc) is 2.23. The molecule has 0 aromatic heterocycles. The Morgan fingerprint density at radius 3 is 2.47 bits per heavy atom. The number of hydrogen-bond donors (Lipinski definition) is 0. The smallest absolute Gasteiger partial charge is 0.429 e. The summed E-state index contributed by atoms with van der Waals surface area (Å²) in [7, 11) is 0. The molecule has 3 heteroatoms. The number of carbonyl (C=O) groups is 1.